The first-order valence-electron chi connectivity index (χ1n) is 9.03. The van der Waals surface area contributed by atoms with Crippen molar-refractivity contribution in [2.75, 3.05) is 0 Å². The first-order chi connectivity index (χ1) is 11.6. The maximum Gasteiger partial charge on any atom is 0.279 e. The van der Waals surface area contributed by atoms with E-state index < -0.39 is 23.6 Å². The van der Waals surface area contributed by atoms with Crippen molar-refractivity contribution in [3.63, 3.8) is 0 Å². The first kappa shape index (κ1) is 16.9. The largest absolute Gasteiger partial charge is 0.410 e. The standard InChI is InChI=1S/C17H25N3O4/c21-15(18-11-7-3-1-4-8-11)13-14(19-24)17(23)20(16(13)22)12-9-5-2-6-10-12/h11-13,24H,1-10H2,(H,18,21). The highest BCUT2D eigenvalue weighted by Crippen LogP contribution is 2.29. The zero-order valence-electron chi connectivity index (χ0n) is 13.9. The van der Waals surface area contributed by atoms with Gasteiger partial charge in [0.25, 0.3) is 5.91 Å². The summed E-state index contributed by atoms with van der Waals surface area (Å²) in [5, 5.41) is 15.1. The smallest absolute Gasteiger partial charge is 0.279 e. The monoisotopic (exact) mass is 335 g/mol. The van der Waals surface area contributed by atoms with Gasteiger partial charge in [-0.3, -0.25) is 19.3 Å². The molecular formula is C17H25N3O4. The van der Waals surface area contributed by atoms with Crippen LogP contribution in [0, 0.1) is 5.92 Å². The van der Waals surface area contributed by atoms with E-state index in [0.717, 1.165) is 64.2 Å². The van der Waals surface area contributed by atoms with Gasteiger partial charge in [-0.15, -0.1) is 0 Å². The lowest BCUT2D eigenvalue weighted by Crippen LogP contribution is -2.45. The Morgan fingerprint density at radius 2 is 1.58 bits per heavy atom. The highest BCUT2D eigenvalue weighted by molar-refractivity contribution is 6.54. The number of carbonyl (C=O) groups excluding carboxylic acids is 3. The van der Waals surface area contributed by atoms with Crippen LogP contribution in [-0.4, -0.2) is 45.6 Å². The van der Waals surface area contributed by atoms with Crippen LogP contribution >= 0.6 is 0 Å². The topological polar surface area (TPSA) is 99.1 Å². The van der Waals surface area contributed by atoms with E-state index in [1.165, 1.54) is 4.90 Å². The van der Waals surface area contributed by atoms with Gasteiger partial charge in [0.15, 0.2) is 11.6 Å². The Hall–Kier alpha value is -1.92. The number of nitrogens with one attached hydrogen (secondary N) is 1. The normalized spacial score (nSPS) is 28.6. The van der Waals surface area contributed by atoms with Crippen LogP contribution in [0.1, 0.15) is 64.2 Å². The summed E-state index contributed by atoms with van der Waals surface area (Å²) < 4.78 is 0. The number of nitrogens with zero attached hydrogens (tertiary/aromatic N) is 2. The predicted molar refractivity (Wildman–Crippen MR) is 86.5 cm³/mol. The summed E-state index contributed by atoms with van der Waals surface area (Å²) in [5.74, 6) is -2.95. The summed E-state index contributed by atoms with van der Waals surface area (Å²) in [5.41, 5.74) is -0.334. The second-order valence-electron chi connectivity index (χ2n) is 7.07. The van der Waals surface area contributed by atoms with E-state index in [9.17, 15) is 19.6 Å². The van der Waals surface area contributed by atoms with Crippen LogP contribution in [0.15, 0.2) is 5.16 Å². The summed E-state index contributed by atoms with van der Waals surface area (Å²) in [6.07, 6.45) is 9.58. The van der Waals surface area contributed by atoms with E-state index in [1.54, 1.807) is 0 Å². The number of rotatable bonds is 3. The van der Waals surface area contributed by atoms with Crippen LogP contribution in [0.4, 0.5) is 0 Å². The first-order valence-corrected chi connectivity index (χ1v) is 9.03. The molecule has 0 aromatic heterocycles. The molecule has 0 spiro atoms. The minimum Gasteiger partial charge on any atom is -0.410 e. The second kappa shape index (κ2) is 7.32. The molecule has 0 aromatic carbocycles. The zero-order valence-corrected chi connectivity index (χ0v) is 13.9. The number of hydrogen-bond acceptors (Lipinski definition) is 5. The summed E-state index contributed by atoms with van der Waals surface area (Å²) in [4.78, 5) is 38.9. The molecule has 7 nitrogen and oxygen atoms in total. The van der Waals surface area contributed by atoms with Crippen LogP contribution in [0.25, 0.3) is 0 Å². The molecule has 0 bridgehead atoms. The van der Waals surface area contributed by atoms with Crippen molar-refractivity contribution in [1.29, 1.82) is 0 Å². The van der Waals surface area contributed by atoms with Crippen molar-refractivity contribution in [2.45, 2.75) is 76.3 Å². The van der Waals surface area contributed by atoms with Crippen molar-refractivity contribution in [2.24, 2.45) is 11.1 Å². The summed E-state index contributed by atoms with van der Waals surface area (Å²) in [6.45, 7) is 0. The third kappa shape index (κ3) is 3.16. The molecule has 1 atom stereocenters. The maximum atomic E-state index is 12.7. The van der Waals surface area contributed by atoms with E-state index in [4.69, 9.17) is 0 Å². The molecule has 24 heavy (non-hydrogen) atoms. The predicted octanol–water partition coefficient (Wildman–Crippen LogP) is 1.58. The van der Waals surface area contributed by atoms with Crippen LogP contribution in [0.2, 0.25) is 0 Å². The molecule has 1 saturated heterocycles. The average molecular weight is 335 g/mol. The molecular weight excluding hydrogens is 310 g/mol. The summed E-state index contributed by atoms with van der Waals surface area (Å²) in [7, 11) is 0. The average Bonchev–Trinajstić information content (AvgIpc) is 2.86. The van der Waals surface area contributed by atoms with E-state index in [0.29, 0.717) is 0 Å². The number of amides is 3. The van der Waals surface area contributed by atoms with Crippen LogP contribution in [-0.2, 0) is 14.4 Å². The molecule has 7 heteroatoms. The SMILES string of the molecule is O=C(NC1CCCCC1)C1C(=O)N(C2CCCCC2)C(=O)C1=NO. The zero-order chi connectivity index (χ0) is 17.1. The van der Waals surface area contributed by atoms with Crippen molar-refractivity contribution in [1.82, 2.24) is 10.2 Å². The molecule has 1 aliphatic heterocycles. The molecule has 3 aliphatic rings. The maximum absolute atomic E-state index is 12.7. The van der Waals surface area contributed by atoms with Gasteiger partial charge in [0.2, 0.25) is 11.8 Å². The van der Waals surface area contributed by atoms with Crippen LogP contribution < -0.4 is 5.32 Å². The molecule has 132 valence electrons. The fourth-order valence-electron chi connectivity index (χ4n) is 4.16. The van der Waals surface area contributed by atoms with Gasteiger partial charge in [0, 0.05) is 12.1 Å². The third-order valence-corrected chi connectivity index (χ3v) is 5.46. The number of hydrogen-bond donors (Lipinski definition) is 2. The Bertz CT molecular complexity index is 548. The molecule has 2 aliphatic carbocycles. The van der Waals surface area contributed by atoms with Crippen molar-refractivity contribution in [3.8, 4) is 0 Å². The molecule has 1 unspecified atom stereocenters. The number of oxime groups is 1. The Kier molecular flexibility index (Phi) is 5.16. The Balaban J connectivity index is 1.74. The molecule has 0 radical (unpaired) electrons. The lowest BCUT2D eigenvalue weighted by molar-refractivity contribution is -0.144. The van der Waals surface area contributed by atoms with Crippen LogP contribution in [0.5, 0.6) is 0 Å². The second-order valence-corrected chi connectivity index (χ2v) is 7.07. The molecule has 3 amide bonds. The number of imide groups is 1. The van der Waals surface area contributed by atoms with Crippen molar-refractivity contribution < 1.29 is 19.6 Å². The fraction of sp³-hybridized carbons (Fsp3) is 0.765. The Labute approximate surface area is 141 Å². The third-order valence-electron chi connectivity index (χ3n) is 5.46. The highest BCUT2D eigenvalue weighted by Gasteiger charge is 2.52. The van der Waals surface area contributed by atoms with Gasteiger partial charge in [-0.2, -0.15) is 0 Å². The van der Waals surface area contributed by atoms with Crippen molar-refractivity contribution in [3.05, 3.63) is 0 Å². The lowest BCUT2D eigenvalue weighted by Gasteiger charge is -2.29. The highest BCUT2D eigenvalue weighted by atomic mass is 16.4. The molecule has 0 aromatic rings. The van der Waals surface area contributed by atoms with E-state index in [2.05, 4.69) is 10.5 Å². The van der Waals surface area contributed by atoms with Gasteiger partial charge >= 0.3 is 0 Å². The number of likely N-dealkylation sites (tertiary alicyclic amines) is 1. The van der Waals surface area contributed by atoms with Gasteiger partial charge < -0.3 is 10.5 Å². The minimum absolute atomic E-state index is 0.0397. The van der Waals surface area contributed by atoms with E-state index in [-0.39, 0.29) is 17.8 Å². The van der Waals surface area contributed by atoms with Gasteiger partial charge in [0.05, 0.1) is 0 Å². The summed E-state index contributed by atoms with van der Waals surface area (Å²) >= 11 is 0. The molecule has 2 saturated carbocycles. The quantitative estimate of drug-likeness (QED) is 0.354. The van der Waals surface area contributed by atoms with Crippen LogP contribution in [0.3, 0.4) is 0 Å². The van der Waals surface area contributed by atoms with Gasteiger partial charge in [-0.25, -0.2) is 0 Å². The lowest BCUT2D eigenvalue weighted by atomic mass is 9.94. The fourth-order valence-corrected chi connectivity index (χ4v) is 4.16. The van der Waals surface area contributed by atoms with E-state index >= 15 is 0 Å². The van der Waals surface area contributed by atoms with Gasteiger partial charge in [0.1, 0.15) is 0 Å². The minimum atomic E-state index is -1.30. The Morgan fingerprint density at radius 3 is 2.17 bits per heavy atom. The van der Waals surface area contributed by atoms with Gasteiger partial charge in [-0.1, -0.05) is 43.7 Å². The van der Waals surface area contributed by atoms with Crippen molar-refractivity contribution >= 4 is 23.4 Å². The molecule has 3 fully saturated rings. The molecule has 1 heterocycles. The molecule has 2 N–H and O–H groups in total. The van der Waals surface area contributed by atoms with Gasteiger partial charge in [-0.05, 0) is 25.7 Å². The number of carbonyl (C=O) groups is 3. The molecule has 3 rings (SSSR count). The summed E-state index contributed by atoms with van der Waals surface area (Å²) in [6, 6.07) is -0.138. The van der Waals surface area contributed by atoms with E-state index in [1.807, 2.05) is 0 Å². The Morgan fingerprint density at radius 1 is 1.00 bits per heavy atom.